The summed E-state index contributed by atoms with van der Waals surface area (Å²) in [7, 11) is -9.84. The van der Waals surface area contributed by atoms with E-state index < -0.39 is 97.5 Å². The zero-order chi connectivity index (χ0) is 52.9. The molecule has 0 aliphatic carbocycles. The van der Waals surface area contributed by atoms with Crippen molar-refractivity contribution in [3.05, 3.63) is 0 Å². The number of carbonyl (C=O) groups is 4. The highest BCUT2D eigenvalue weighted by Crippen LogP contribution is 2.45. The Morgan fingerprint density at radius 3 is 0.958 bits per heavy atom. The Hall–Kier alpha value is -1.94. The fourth-order valence-corrected chi connectivity index (χ4v) is 9.04. The van der Waals surface area contributed by atoms with Crippen LogP contribution in [0.5, 0.6) is 0 Å². The summed E-state index contributed by atoms with van der Waals surface area (Å²) in [6, 6.07) is 0. The van der Waals surface area contributed by atoms with Crippen molar-refractivity contribution in [3.63, 3.8) is 0 Å². The molecule has 0 heterocycles. The molecule has 0 saturated carbocycles. The first-order chi connectivity index (χ1) is 34.0. The first-order valence-corrected chi connectivity index (χ1v) is 30.6. The summed E-state index contributed by atoms with van der Waals surface area (Å²) >= 11 is 0. The van der Waals surface area contributed by atoms with Crippen LogP contribution >= 0.6 is 15.6 Å². The fraction of sp³-hybridized carbons (Fsp3) is 0.923. The lowest BCUT2D eigenvalue weighted by atomic mass is 10.0. The third kappa shape index (κ3) is 47.5. The Balaban J connectivity index is 5.15. The molecule has 0 fully saturated rings. The quantitative estimate of drug-likeness (QED) is 0.0222. The zero-order valence-corrected chi connectivity index (χ0v) is 46.6. The van der Waals surface area contributed by atoms with Crippen molar-refractivity contribution in [1.29, 1.82) is 0 Å². The highest BCUT2D eigenvalue weighted by molar-refractivity contribution is 7.47. The molecule has 420 valence electrons. The van der Waals surface area contributed by atoms with Crippen molar-refractivity contribution in [2.45, 2.75) is 265 Å². The van der Waals surface area contributed by atoms with Gasteiger partial charge in [-0.3, -0.25) is 37.3 Å². The smallest absolute Gasteiger partial charge is 0.462 e. The van der Waals surface area contributed by atoms with Crippen molar-refractivity contribution >= 4 is 39.5 Å². The maximum Gasteiger partial charge on any atom is 0.472 e. The van der Waals surface area contributed by atoms with Gasteiger partial charge in [0, 0.05) is 25.7 Å². The van der Waals surface area contributed by atoms with Crippen molar-refractivity contribution < 1.29 is 80.2 Å². The van der Waals surface area contributed by atoms with E-state index in [2.05, 4.69) is 34.6 Å². The Morgan fingerprint density at radius 2 is 0.648 bits per heavy atom. The molecule has 0 amide bonds. The van der Waals surface area contributed by atoms with Crippen LogP contribution in [0.3, 0.4) is 0 Å². The second-order valence-corrected chi connectivity index (χ2v) is 22.3. The van der Waals surface area contributed by atoms with Crippen LogP contribution < -0.4 is 0 Å². The molecule has 0 aliphatic heterocycles. The van der Waals surface area contributed by atoms with Crippen LogP contribution in [0.4, 0.5) is 0 Å². The van der Waals surface area contributed by atoms with Gasteiger partial charge in [0.2, 0.25) is 0 Å². The third-order valence-electron chi connectivity index (χ3n) is 11.8. The number of hydrogen-bond acceptors (Lipinski definition) is 15. The molecular formula is C52H100O17P2. The van der Waals surface area contributed by atoms with Gasteiger partial charge in [0.25, 0.3) is 0 Å². The molecule has 0 aliphatic rings. The molecule has 0 spiro atoms. The molecule has 5 atom stereocenters. The number of phosphoric ester groups is 2. The zero-order valence-electron chi connectivity index (χ0n) is 44.8. The molecule has 0 rings (SSSR count). The predicted molar refractivity (Wildman–Crippen MR) is 275 cm³/mol. The molecule has 2 unspecified atom stereocenters. The van der Waals surface area contributed by atoms with Gasteiger partial charge in [-0.05, 0) is 31.6 Å². The molecule has 71 heavy (non-hydrogen) atoms. The molecule has 0 aromatic carbocycles. The molecule has 0 aromatic heterocycles. The highest BCUT2D eigenvalue weighted by Gasteiger charge is 2.30. The standard InChI is InChI=1S/C52H100O17P2/c1-6-9-12-15-16-17-18-19-20-21-28-33-38-52(57)69-48(42-63-50(55)36-31-27-23-22-26-29-34-45(4)5)44-67-71(60,61)65-40-46(53)39-64-70(58,59)66-43-47(68-51(56)37-32-25-14-11-8-3)41-62-49(54)35-30-24-13-10-7-2/h45-48,53H,6-44H2,1-5H3,(H,58,59)(H,60,61)/t46-,47+,48+/m0/s1. The highest BCUT2D eigenvalue weighted by atomic mass is 31.2. The minimum atomic E-state index is -4.93. The summed E-state index contributed by atoms with van der Waals surface area (Å²) in [6.07, 6.45) is 26.1. The van der Waals surface area contributed by atoms with Crippen LogP contribution in [0.15, 0.2) is 0 Å². The van der Waals surface area contributed by atoms with E-state index in [1.807, 2.05) is 0 Å². The third-order valence-corrected chi connectivity index (χ3v) is 13.7. The van der Waals surface area contributed by atoms with Crippen molar-refractivity contribution in [2.24, 2.45) is 5.92 Å². The van der Waals surface area contributed by atoms with E-state index in [0.717, 1.165) is 103 Å². The van der Waals surface area contributed by atoms with Crippen LogP contribution in [-0.2, 0) is 65.4 Å². The van der Waals surface area contributed by atoms with Gasteiger partial charge in [0.15, 0.2) is 12.2 Å². The fourth-order valence-electron chi connectivity index (χ4n) is 7.46. The van der Waals surface area contributed by atoms with Gasteiger partial charge in [-0.2, -0.15) is 0 Å². The normalized spacial score (nSPS) is 14.6. The molecule has 0 aromatic rings. The Kier molecular flexibility index (Phi) is 45.3. The Labute approximate surface area is 428 Å². The predicted octanol–water partition coefficient (Wildman–Crippen LogP) is 13.1. The van der Waals surface area contributed by atoms with Crippen LogP contribution in [0.25, 0.3) is 0 Å². The lowest BCUT2D eigenvalue weighted by Crippen LogP contribution is -2.30. The maximum atomic E-state index is 12.8. The molecule has 17 nitrogen and oxygen atoms in total. The van der Waals surface area contributed by atoms with Gasteiger partial charge in [-0.15, -0.1) is 0 Å². The molecule has 0 bridgehead atoms. The summed E-state index contributed by atoms with van der Waals surface area (Å²) in [4.78, 5) is 71.1. The summed E-state index contributed by atoms with van der Waals surface area (Å²) in [5, 5.41) is 10.4. The lowest BCUT2D eigenvalue weighted by Gasteiger charge is -2.21. The van der Waals surface area contributed by atoms with Gasteiger partial charge in [0.05, 0.1) is 26.4 Å². The average molecular weight is 1060 g/mol. The Morgan fingerprint density at radius 1 is 0.380 bits per heavy atom. The number of unbranched alkanes of at least 4 members (excludes halogenated alkanes) is 24. The van der Waals surface area contributed by atoms with Crippen LogP contribution in [0.1, 0.15) is 247 Å². The number of aliphatic hydroxyl groups is 1. The first-order valence-electron chi connectivity index (χ1n) is 27.6. The number of esters is 4. The van der Waals surface area contributed by atoms with E-state index in [4.69, 9.17) is 37.0 Å². The maximum absolute atomic E-state index is 12.8. The number of aliphatic hydroxyl groups excluding tert-OH is 1. The van der Waals surface area contributed by atoms with Crippen LogP contribution in [-0.4, -0.2) is 96.7 Å². The van der Waals surface area contributed by atoms with Crippen LogP contribution in [0, 0.1) is 5.92 Å². The van der Waals surface area contributed by atoms with E-state index in [-0.39, 0.29) is 25.7 Å². The molecule has 19 heteroatoms. The van der Waals surface area contributed by atoms with Crippen LogP contribution in [0.2, 0.25) is 0 Å². The molecular weight excluding hydrogens is 959 g/mol. The van der Waals surface area contributed by atoms with Crippen molar-refractivity contribution in [2.75, 3.05) is 39.6 Å². The Bertz CT molecular complexity index is 1420. The lowest BCUT2D eigenvalue weighted by molar-refractivity contribution is -0.161. The van der Waals surface area contributed by atoms with Crippen molar-refractivity contribution in [1.82, 2.24) is 0 Å². The van der Waals surface area contributed by atoms with E-state index in [9.17, 15) is 43.2 Å². The van der Waals surface area contributed by atoms with Crippen molar-refractivity contribution in [3.8, 4) is 0 Å². The summed E-state index contributed by atoms with van der Waals surface area (Å²) in [5.74, 6) is -1.49. The average Bonchev–Trinajstić information content (AvgIpc) is 3.32. The number of hydrogen-bond donors (Lipinski definition) is 3. The van der Waals surface area contributed by atoms with Gasteiger partial charge in [-0.25, -0.2) is 9.13 Å². The monoisotopic (exact) mass is 1060 g/mol. The number of carbonyl (C=O) groups excluding carboxylic acids is 4. The van der Waals surface area contributed by atoms with Gasteiger partial charge in [0.1, 0.15) is 19.3 Å². The van der Waals surface area contributed by atoms with E-state index in [1.54, 1.807) is 0 Å². The number of phosphoric acid groups is 2. The topological polar surface area (TPSA) is 237 Å². The SMILES string of the molecule is CCCCCCCCCCCCCCC(=O)O[C@H](COC(=O)CCCCCCCCC(C)C)COP(=O)(O)OC[C@@H](O)COP(=O)(O)OC[C@@H](COC(=O)CCCCCCC)OC(=O)CCCCCCC. The second kappa shape index (κ2) is 46.6. The number of rotatable bonds is 52. The van der Waals surface area contributed by atoms with E-state index in [1.165, 1.54) is 57.8 Å². The van der Waals surface area contributed by atoms with E-state index in [0.29, 0.717) is 31.6 Å². The number of ether oxygens (including phenoxy) is 4. The summed E-state index contributed by atoms with van der Waals surface area (Å²) in [6.45, 7) is 6.83. The van der Waals surface area contributed by atoms with Gasteiger partial charge >= 0.3 is 39.5 Å². The summed E-state index contributed by atoms with van der Waals surface area (Å²) in [5.41, 5.74) is 0. The van der Waals surface area contributed by atoms with Gasteiger partial charge in [-0.1, -0.05) is 195 Å². The largest absolute Gasteiger partial charge is 0.472 e. The van der Waals surface area contributed by atoms with E-state index >= 15 is 0 Å². The molecule has 0 radical (unpaired) electrons. The first kappa shape index (κ1) is 69.1. The molecule has 3 N–H and O–H groups in total. The molecule has 0 saturated heterocycles. The summed E-state index contributed by atoms with van der Waals surface area (Å²) < 4.78 is 67.0. The van der Waals surface area contributed by atoms with Gasteiger partial charge < -0.3 is 33.8 Å². The second-order valence-electron chi connectivity index (χ2n) is 19.4. The minimum absolute atomic E-state index is 0.0985. The minimum Gasteiger partial charge on any atom is -0.462 e.